The van der Waals surface area contributed by atoms with E-state index in [2.05, 4.69) is 11.9 Å². The van der Waals surface area contributed by atoms with Gasteiger partial charge in [-0.25, -0.2) is 5.84 Å². The SMILES string of the molecule is CCCCCCCCCCCN(N)C(=O)c1ccncc1. The molecule has 0 radical (unpaired) electrons. The van der Waals surface area contributed by atoms with Gasteiger partial charge in [-0.1, -0.05) is 58.3 Å². The smallest absolute Gasteiger partial charge is 0.267 e. The van der Waals surface area contributed by atoms with Crippen LogP contribution in [0.2, 0.25) is 0 Å². The molecule has 0 saturated carbocycles. The fourth-order valence-corrected chi connectivity index (χ4v) is 2.35. The summed E-state index contributed by atoms with van der Waals surface area (Å²) in [5, 5.41) is 1.32. The monoisotopic (exact) mass is 291 g/mol. The molecular formula is C17H29N3O. The maximum absolute atomic E-state index is 12.0. The van der Waals surface area contributed by atoms with Crippen molar-refractivity contribution in [3.05, 3.63) is 30.1 Å². The number of pyridine rings is 1. The Labute approximate surface area is 128 Å². The van der Waals surface area contributed by atoms with Gasteiger partial charge >= 0.3 is 0 Å². The number of carbonyl (C=O) groups is 1. The van der Waals surface area contributed by atoms with Crippen LogP contribution in [-0.2, 0) is 0 Å². The van der Waals surface area contributed by atoms with E-state index in [4.69, 9.17) is 5.84 Å². The lowest BCUT2D eigenvalue weighted by Crippen LogP contribution is -2.38. The zero-order valence-corrected chi connectivity index (χ0v) is 13.3. The summed E-state index contributed by atoms with van der Waals surface area (Å²) < 4.78 is 0. The molecule has 1 heterocycles. The fraction of sp³-hybridized carbons (Fsp3) is 0.647. The van der Waals surface area contributed by atoms with Crippen LogP contribution in [0.1, 0.15) is 75.1 Å². The van der Waals surface area contributed by atoms with E-state index >= 15 is 0 Å². The van der Waals surface area contributed by atoms with Crippen LogP contribution in [0.4, 0.5) is 0 Å². The van der Waals surface area contributed by atoms with E-state index in [9.17, 15) is 4.79 Å². The third kappa shape index (κ3) is 7.81. The van der Waals surface area contributed by atoms with Gasteiger partial charge in [0.1, 0.15) is 0 Å². The highest BCUT2D eigenvalue weighted by Crippen LogP contribution is 2.10. The van der Waals surface area contributed by atoms with Gasteiger partial charge in [-0.05, 0) is 18.6 Å². The predicted octanol–water partition coefficient (Wildman–Crippen LogP) is 3.93. The van der Waals surface area contributed by atoms with Gasteiger partial charge in [0, 0.05) is 24.5 Å². The summed E-state index contributed by atoms with van der Waals surface area (Å²) in [6, 6.07) is 3.39. The minimum Gasteiger partial charge on any atom is -0.277 e. The van der Waals surface area contributed by atoms with Gasteiger partial charge < -0.3 is 0 Å². The molecule has 4 nitrogen and oxygen atoms in total. The first kappa shape index (κ1) is 17.6. The van der Waals surface area contributed by atoms with Crippen molar-refractivity contribution in [3.8, 4) is 0 Å². The number of amides is 1. The molecule has 0 aliphatic rings. The molecule has 2 N–H and O–H groups in total. The Morgan fingerprint density at radius 2 is 1.52 bits per heavy atom. The molecule has 1 amide bonds. The lowest BCUT2D eigenvalue weighted by atomic mass is 10.1. The average molecular weight is 291 g/mol. The number of unbranched alkanes of at least 4 members (excludes halogenated alkanes) is 8. The number of hydrogen-bond donors (Lipinski definition) is 1. The third-order valence-corrected chi connectivity index (χ3v) is 3.69. The van der Waals surface area contributed by atoms with E-state index in [0.29, 0.717) is 12.1 Å². The van der Waals surface area contributed by atoms with Crippen molar-refractivity contribution in [3.63, 3.8) is 0 Å². The van der Waals surface area contributed by atoms with Crippen LogP contribution in [-0.4, -0.2) is 22.4 Å². The Bertz CT molecular complexity index is 381. The van der Waals surface area contributed by atoms with Crippen LogP contribution in [0, 0.1) is 0 Å². The quantitative estimate of drug-likeness (QED) is 0.291. The van der Waals surface area contributed by atoms with E-state index in [-0.39, 0.29) is 5.91 Å². The Kier molecular flexibility index (Phi) is 9.46. The number of nitrogens with two attached hydrogens (primary N) is 1. The normalized spacial score (nSPS) is 10.6. The van der Waals surface area contributed by atoms with Gasteiger partial charge in [0.15, 0.2) is 0 Å². The lowest BCUT2D eigenvalue weighted by molar-refractivity contribution is 0.0752. The van der Waals surface area contributed by atoms with Crippen molar-refractivity contribution in [2.24, 2.45) is 5.84 Å². The van der Waals surface area contributed by atoms with Crippen LogP contribution in [0.3, 0.4) is 0 Å². The van der Waals surface area contributed by atoms with Gasteiger partial charge in [-0.3, -0.25) is 14.8 Å². The predicted molar refractivity (Wildman–Crippen MR) is 86.7 cm³/mol. The highest BCUT2D eigenvalue weighted by atomic mass is 16.2. The number of rotatable bonds is 11. The van der Waals surface area contributed by atoms with Crippen molar-refractivity contribution in [1.29, 1.82) is 0 Å². The van der Waals surface area contributed by atoms with Crippen molar-refractivity contribution in [2.45, 2.75) is 64.7 Å². The third-order valence-electron chi connectivity index (χ3n) is 3.69. The molecular weight excluding hydrogens is 262 g/mol. The van der Waals surface area contributed by atoms with Crippen LogP contribution in [0.15, 0.2) is 24.5 Å². The molecule has 4 heteroatoms. The molecule has 0 aliphatic heterocycles. The summed E-state index contributed by atoms with van der Waals surface area (Å²) in [5.41, 5.74) is 0.600. The van der Waals surface area contributed by atoms with E-state index in [1.807, 2.05) is 0 Å². The Balaban J connectivity index is 2.03. The maximum atomic E-state index is 12.0. The molecule has 1 rings (SSSR count). The van der Waals surface area contributed by atoms with Gasteiger partial charge in [0.05, 0.1) is 0 Å². The van der Waals surface area contributed by atoms with E-state index in [1.54, 1.807) is 24.5 Å². The first-order chi connectivity index (χ1) is 10.3. The first-order valence-corrected chi connectivity index (χ1v) is 8.22. The minimum atomic E-state index is -0.128. The lowest BCUT2D eigenvalue weighted by Gasteiger charge is -2.16. The van der Waals surface area contributed by atoms with E-state index in [0.717, 1.165) is 12.8 Å². The van der Waals surface area contributed by atoms with Gasteiger partial charge in [-0.2, -0.15) is 0 Å². The summed E-state index contributed by atoms with van der Waals surface area (Å²) in [5.74, 6) is 5.68. The molecule has 0 fully saturated rings. The topological polar surface area (TPSA) is 59.2 Å². The molecule has 0 saturated heterocycles. The Morgan fingerprint density at radius 3 is 2.10 bits per heavy atom. The summed E-state index contributed by atoms with van der Waals surface area (Å²) in [7, 11) is 0. The summed E-state index contributed by atoms with van der Waals surface area (Å²) in [6.45, 7) is 2.86. The van der Waals surface area contributed by atoms with Crippen molar-refractivity contribution in [2.75, 3.05) is 6.54 Å². The molecule has 0 bridgehead atoms. The van der Waals surface area contributed by atoms with E-state index < -0.39 is 0 Å². The molecule has 118 valence electrons. The highest BCUT2D eigenvalue weighted by molar-refractivity contribution is 5.93. The Hall–Kier alpha value is -1.42. The summed E-state index contributed by atoms with van der Waals surface area (Å²) in [4.78, 5) is 15.9. The zero-order valence-electron chi connectivity index (χ0n) is 13.3. The first-order valence-electron chi connectivity index (χ1n) is 8.22. The average Bonchev–Trinajstić information content (AvgIpc) is 2.53. The second-order valence-electron chi connectivity index (χ2n) is 5.56. The van der Waals surface area contributed by atoms with Crippen molar-refractivity contribution >= 4 is 5.91 Å². The van der Waals surface area contributed by atoms with Crippen molar-refractivity contribution in [1.82, 2.24) is 9.99 Å². The minimum absolute atomic E-state index is 0.128. The number of nitrogens with zero attached hydrogens (tertiary/aromatic N) is 2. The molecule has 1 aromatic heterocycles. The summed E-state index contributed by atoms with van der Waals surface area (Å²) >= 11 is 0. The highest BCUT2D eigenvalue weighted by Gasteiger charge is 2.10. The van der Waals surface area contributed by atoms with E-state index in [1.165, 1.54) is 50.0 Å². The molecule has 0 atom stereocenters. The number of hydrazine groups is 1. The molecule has 0 aromatic carbocycles. The second-order valence-corrected chi connectivity index (χ2v) is 5.56. The van der Waals surface area contributed by atoms with Crippen molar-refractivity contribution < 1.29 is 4.79 Å². The van der Waals surface area contributed by atoms with Gasteiger partial charge in [0.2, 0.25) is 0 Å². The van der Waals surface area contributed by atoms with Crippen LogP contribution >= 0.6 is 0 Å². The maximum Gasteiger partial charge on any atom is 0.267 e. The largest absolute Gasteiger partial charge is 0.277 e. The fourth-order valence-electron chi connectivity index (χ4n) is 2.35. The number of carbonyl (C=O) groups excluding carboxylic acids is 1. The van der Waals surface area contributed by atoms with Crippen LogP contribution in [0.25, 0.3) is 0 Å². The van der Waals surface area contributed by atoms with Crippen LogP contribution < -0.4 is 5.84 Å². The molecule has 21 heavy (non-hydrogen) atoms. The molecule has 0 aliphatic carbocycles. The molecule has 0 unspecified atom stereocenters. The number of hydrogen-bond acceptors (Lipinski definition) is 3. The van der Waals surface area contributed by atoms with Crippen LogP contribution in [0.5, 0.6) is 0 Å². The second kappa shape index (κ2) is 11.3. The molecule has 1 aromatic rings. The number of aromatic nitrogens is 1. The van der Waals surface area contributed by atoms with Gasteiger partial charge in [-0.15, -0.1) is 0 Å². The Morgan fingerprint density at radius 1 is 1.00 bits per heavy atom. The molecule has 0 spiro atoms. The zero-order chi connectivity index (χ0) is 15.3. The standard InChI is InChI=1S/C17H29N3O/c1-2-3-4-5-6-7-8-9-10-15-20(18)17(21)16-11-13-19-14-12-16/h11-14H,2-10,15,18H2,1H3. The van der Waals surface area contributed by atoms with Gasteiger partial charge in [0.25, 0.3) is 5.91 Å². The summed E-state index contributed by atoms with van der Waals surface area (Å²) in [6.07, 6.45) is 14.6.